The van der Waals surface area contributed by atoms with Crippen LogP contribution in [-0.2, 0) is 6.54 Å². The van der Waals surface area contributed by atoms with Gasteiger partial charge in [-0.1, -0.05) is 24.3 Å². The van der Waals surface area contributed by atoms with Gasteiger partial charge in [-0.2, -0.15) is 5.10 Å². The molecule has 4 rings (SSSR count). The molecule has 2 heterocycles. The van der Waals surface area contributed by atoms with Crippen molar-refractivity contribution in [2.45, 2.75) is 32.4 Å². The van der Waals surface area contributed by atoms with Gasteiger partial charge in [-0.15, -0.1) is 11.3 Å². The molecule has 0 unspecified atom stereocenters. The molecule has 3 N–H and O–H groups in total. The Hall–Kier alpha value is -3.40. The van der Waals surface area contributed by atoms with Gasteiger partial charge in [0, 0.05) is 25.2 Å². The number of rotatable bonds is 7. The number of halogens is 1. The normalized spacial score (nSPS) is 14.8. The zero-order valence-corrected chi connectivity index (χ0v) is 20.1. The molecule has 182 valence electrons. The van der Waals surface area contributed by atoms with Gasteiger partial charge in [0.2, 0.25) is 0 Å². The van der Waals surface area contributed by atoms with Gasteiger partial charge in [0.1, 0.15) is 10.7 Å². The predicted molar refractivity (Wildman–Crippen MR) is 135 cm³/mol. The van der Waals surface area contributed by atoms with Crippen LogP contribution in [-0.4, -0.2) is 47.2 Å². The average molecular weight is 495 g/mol. The van der Waals surface area contributed by atoms with E-state index in [1.54, 1.807) is 23.6 Å². The van der Waals surface area contributed by atoms with Crippen molar-refractivity contribution in [1.82, 2.24) is 10.3 Å². The number of hydrazone groups is 1. The lowest BCUT2D eigenvalue weighted by Gasteiger charge is -2.29. The molecule has 0 aliphatic carbocycles. The molecule has 2 aromatic carbocycles. The van der Waals surface area contributed by atoms with Gasteiger partial charge in [-0.25, -0.2) is 9.82 Å². The number of likely N-dealkylation sites (tertiary alicyclic amines) is 1. The Morgan fingerprint density at radius 2 is 1.94 bits per heavy atom. The zero-order valence-electron chi connectivity index (χ0n) is 19.3. The summed E-state index contributed by atoms with van der Waals surface area (Å²) in [4.78, 5) is 28.3. The summed E-state index contributed by atoms with van der Waals surface area (Å²) in [5, 5.41) is 18.3. The first kappa shape index (κ1) is 24.7. The second kappa shape index (κ2) is 11.4. The molecule has 35 heavy (non-hydrogen) atoms. The van der Waals surface area contributed by atoms with E-state index in [1.807, 2.05) is 25.1 Å². The van der Waals surface area contributed by atoms with Crippen LogP contribution in [0.15, 0.2) is 59.0 Å². The summed E-state index contributed by atoms with van der Waals surface area (Å²) in [5.41, 5.74) is 5.67. The van der Waals surface area contributed by atoms with E-state index in [0.717, 1.165) is 37.1 Å². The predicted octanol–water partition coefficient (Wildman–Crippen LogP) is 4.17. The molecule has 0 spiro atoms. The van der Waals surface area contributed by atoms with Gasteiger partial charge in [0.25, 0.3) is 11.8 Å². The molecule has 0 saturated carbocycles. The number of aliphatic hydroxyl groups excluding tert-OH is 1. The minimum atomic E-state index is -0.466. The van der Waals surface area contributed by atoms with Crippen molar-refractivity contribution in [1.29, 1.82) is 0 Å². The molecule has 2 amide bonds. The Labute approximate surface area is 207 Å². The van der Waals surface area contributed by atoms with Gasteiger partial charge in [0.15, 0.2) is 0 Å². The molecule has 1 saturated heterocycles. The smallest absolute Gasteiger partial charge is 0.283 e. The number of aliphatic hydroxyl groups is 1. The molecule has 1 aromatic heterocycles. The van der Waals surface area contributed by atoms with E-state index in [4.69, 9.17) is 0 Å². The van der Waals surface area contributed by atoms with Crippen molar-refractivity contribution in [3.05, 3.63) is 86.9 Å². The lowest BCUT2D eigenvalue weighted by Crippen LogP contribution is -2.35. The van der Waals surface area contributed by atoms with E-state index in [1.165, 1.54) is 29.7 Å². The van der Waals surface area contributed by atoms with Gasteiger partial charge in [-0.05, 0) is 66.1 Å². The molecule has 1 aliphatic rings. The van der Waals surface area contributed by atoms with E-state index < -0.39 is 11.7 Å². The third-order valence-electron chi connectivity index (χ3n) is 5.80. The molecule has 7 nitrogen and oxygen atoms in total. The molecule has 0 bridgehead atoms. The molecule has 9 heteroatoms. The summed E-state index contributed by atoms with van der Waals surface area (Å²) in [5.74, 6) is -1.16. The van der Waals surface area contributed by atoms with Gasteiger partial charge in [-0.3, -0.25) is 14.5 Å². The minimum absolute atomic E-state index is 0.226. The number of aryl methyl sites for hydroxylation is 1. The van der Waals surface area contributed by atoms with E-state index in [9.17, 15) is 19.1 Å². The molecule has 3 aromatic rings. The van der Waals surface area contributed by atoms with Gasteiger partial charge >= 0.3 is 0 Å². The number of thiophene rings is 1. The molecule has 0 atom stereocenters. The van der Waals surface area contributed by atoms with Crippen molar-refractivity contribution >= 4 is 35.1 Å². The molecule has 1 aliphatic heterocycles. The number of nitrogens with one attached hydrogen (secondary N) is 2. The fraction of sp³-hybridized carbons (Fsp3) is 0.269. The first-order valence-electron chi connectivity index (χ1n) is 11.4. The van der Waals surface area contributed by atoms with Crippen LogP contribution in [0.1, 0.15) is 49.6 Å². The highest BCUT2D eigenvalue weighted by atomic mass is 32.1. The third kappa shape index (κ3) is 6.60. The van der Waals surface area contributed by atoms with E-state index in [2.05, 4.69) is 20.7 Å². The summed E-state index contributed by atoms with van der Waals surface area (Å²) in [7, 11) is 0. The largest absolute Gasteiger partial charge is 0.393 e. The van der Waals surface area contributed by atoms with Crippen LogP contribution >= 0.6 is 11.3 Å². The Morgan fingerprint density at radius 3 is 2.71 bits per heavy atom. The number of nitrogens with zero attached hydrogens (tertiary/aromatic N) is 2. The first-order valence-corrected chi connectivity index (χ1v) is 12.2. The number of anilines is 1. The summed E-state index contributed by atoms with van der Waals surface area (Å²) >= 11 is 1.21. The van der Waals surface area contributed by atoms with E-state index in [0.29, 0.717) is 28.2 Å². The fourth-order valence-corrected chi connectivity index (χ4v) is 4.80. The standard InChI is InChI=1S/C26H27FN4O3S/c1-17-16-35-24(26(34)30-28-14-18-4-3-7-21(27)13-18)23(17)29-25(33)20-6-2-5-19(12-20)15-31-10-8-22(32)9-11-31/h2-7,12-14,16,22,32H,8-11,15H2,1H3,(H,29,33)(H,30,34)/b28-14+. The van der Waals surface area contributed by atoms with Crippen LogP contribution in [0.25, 0.3) is 0 Å². The summed E-state index contributed by atoms with van der Waals surface area (Å²) in [6.45, 7) is 4.18. The Bertz CT molecular complexity index is 1230. The highest BCUT2D eigenvalue weighted by Gasteiger charge is 2.20. The van der Waals surface area contributed by atoms with Gasteiger partial charge < -0.3 is 10.4 Å². The molecule has 0 radical (unpaired) electrons. The maximum atomic E-state index is 13.3. The molecule has 1 fully saturated rings. The Morgan fingerprint density at radius 1 is 1.17 bits per heavy atom. The summed E-state index contributed by atoms with van der Waals surface area (Å²) < 4.78 is 13.3. The SMILES string of the molecule is Cc1csc(C(=O)N/N=C/c2cccc(F)c2)c1NC(=O)c1cccc(CN2CCC(O)CC2)c1. The van der Waals surface area contributed by atoms with Crippen LogP contribution in [0.3, 0.4) is 0 Å². The summed E-state index contributed by atoms with van der Waals surface area (Å²) in [6.07, 6.45) is 2.65. The lowest BCUT2D eigenvalue weighted by atomic mass is 10.1. The maximum absolute atomic E-state index is 13.3. The highest BCUT2D eigenvalue weighted by molar-refractivity contribution is 7.13. The quantitative estimate of drug-likeness (QED) is 0.340. The second-order valence-corrected chi connectivity index (χ2v) is 9.42. The van der Waals surface area contributed by atoms with Crippen LogP contribution in [0, 0.1) is 12.7 Å². The highest BCUT2D eigenvalue weighted by Crippen LogP contribution is 2.28. The van der Waals surface area contributed by atoms with E-state index >= 15 is 0 Å². The Balaban J connectivity index is 1.41. The number of hydrogen-bond donors (Lipinski definition) is 3. The fourth-order valence-electron chi connectivity index (χ4n) is 3.90. The number of carbonyl (C=O) groups excluding carboxylic acids is 2. The van der Waals surface area contributed by atoms with Crippen LogP contribution < -0.4 is 10.7 Å². The van der Waals surface area contributed by atoms with Crippen LogP contribution in [0.5, 0.6) is 0 Å². The van der Waals surface area contributed by atoms with Crippen molar-refractivity contribution in [2.24, 2.45) is 5.10 Å². The number of piperidine rings is 1. The molecular weight excluding hydrogens is 467 g/mol. The van der Waals surface area contributed by atoms with Crippen molar-refractivity contribution < 1.29 is 19.1 Å². The number of benzene rings is 2. The van der Waals surface area contributed by atoms with Crippen molar-refractivity contribution in [3.63, 3.8) is 0 Å². The third-order valence-corrected chi connectivity index (χ3v) is 6.90. The van der Waals surface area contributed by atoms with Crippen LogP contribution in [0.4, 0.5) is 10.1 Å². The number of carbonyl (C=O) groups is 2. The number of amides is 2. The molecular formula is C26H27FN4O3S. The summed E-state index contributed by atoms with van der Waals surface area (Å²) in [6, 6.07) is 13.3. The average Bonchev–Trinajstić information content (AvgIpc) is 3.21. The zero-order chi connectivity index (χ0) is 24.8. The maximum Gasteiger partial charge on any atom is 0.283 e. The van der Waals surface area contributed by atoms with Gasteiger partial charge in [0.05, 0.1) is 18.0 Å². The van der Waals surface area contributed by atoms with Crippen LogP contribution in [0.2, 0.25) is 0 Å². The minimum Gasteiger partial charge on any atom is -0.393 e. The van der Waals surface area contributed by atoms with Crippen molar-refractivity contribution in [2.75, 3.05) is 18.4 Å². The first-order chi connectivity index (χ1) is 16.9. The lowest BCUT2D eigenvalue weighted by molar-refractivity contribution is 0.0792. The topological polar surface area (TPSA) is 94.0 Å². The van der Waals surface area contributed by atoms with Crippen molar-refractivity contribution in [3.8, 4) is 0 Å². The van der Waals surface area contributed by atoms with E-state index in [-0.39, 0.29) is 12.0 Å². The number of hydrogen-bond acceptors (Lipinski definition) is 6. The monoisotopic (exact) mass is 494 g/mol. The Kier molecular flexibility index (Phi) is 8.02. The second-order valence-electron chi connectivity index (χ2n) is 8.54.